The van der Waals surface area contributed by atoms with E-state index in [0.29, 0.717) is 5.91 Å². The quantitative estimate of drug-likeness (QED) is 0.778. The van der Waals surface area contributed by atoms with Crippen LogP contribution in [0.3, 0.4) is 0 Å². The third-order valence-corrected chi connectivity index (χ3v) is 6.69. The Morgan fingerprint density at radius 1 is 0.893 bits per heavy atom. The maximum atomic E-state index is 12.6. The van der Waals surface area contributed by atoms with E-state index in [9.17, 15) is 4.79 Å². The molecule has 1 amide bonds. The van der Waals surface area contributed by atoms with Crippen molar-refractivity contribution in [1.82, 2.24) is 14.9 Å². The molecule has 0 spiro atoms. The average Bonchev–Trinajstić information content (AvgIpc) is 3.27. The summed E-state index contributed by atoms with van der Waals surface area (Å²) in [6, 6.07) is 2.14. The Hall–Kier alpha value is -1.85. The molecule has 0 bridgehead atoms. The van der Waals surface area contributed by atoms with Crippen LogP contribution in [-0.4, -0.2) is 60.0 Å². The number of aromatic nitrogens is 2. The number of amides is 1. The third kappa shape index (κ3) is 4.76. The third-order valence-electron chi connectivity index (χ3n) is 6.69. The summed E-state index contributed by atoms with van der Waals surface area (Å²) < 4.78 is 0. The van der Waals surface area contributed by atoms with E-state index in [4.69, 9.17) is 0 Å². The maximum Gasteiger partial charge on any atom is 0.222 e. The van der Waals surface area contributed by atoms with Crippen LogP contribution in [0, 0.1) is 12.8 Å². The zero-order chi connectivity index (χ0) is 19.3. The van der Waals surface area contributed by atoms with E-state index in [1.54, 1.807) is 0 Å². The number of rotatable bonds is 5. The number of piperazine rings is 1. The zero-order valence-electron chi connectivity index (χ0n) is 17.4. The summed E-state index contributed by atoms with van der Waals surface area (Å²) in [6.07, 6.45) is 11.1. The summed E-state index contributed by atoms with van der Waals surface area (Å²) in [6.45, 7) is 7.53. The molecule has 1 aliphatic carbocycles. The minimum Gasteiger partial charge on any atom is -0.356 e. The van der Waals surface area contributed by atoms with Crippen LogP contribution >= 0.6 is 0 Å². The van der Waals surface area contributed by atoms with Gasteiger partial charge in [0.25, 0.3) is 0 Å². The van der Waals surface area contributed by atoms with Crippen molar-refractivity contribution in [3.63, 3.8) is 0 Å². The molecule has 1 aromatic rings. The van der Waals surface area contributed by atoms with Crippen LogP contribution in [0.2, 0.25) is 0 Å². The molecule has 0 unspecified atom stereocenters. The normalized spacial score (nSPS) is 21.4. The molecule has 0 aromatic carbocycles. The first kappa shape index (κ1) is 19.5. The lowest BCUT2D eigenvalue weighted by atomic mass is 9.86. The zero-order valence-corrected chi connectivity index (χ0v) is 17.4. The highest BCUT2D eigenvalue weighted by Gasteiger charge is 2.24. The van der Waals surface area contributed by atoms with Gasteiger partial charge in [0.05, 0.1) is 0 Å². The minimum absolute atomic E-state index is 0.349. The maximum absolute atomic E-state index is 12.6. The van der Waals surface area contributed by atoms with Crippen LogP contribution < -0.4 is 9.80 Å². The smallest absolute Gasteiger partial charge is 0.222 e. The molecule has 1 aromatic heterocycles. The molecule has 0 radical (unpaired) electrons. The summed E-state index contributed by atoms with van der Waals surface area (Å²) in [5, 5.41) is 0. The second kappa shape index (κ2) is 9.10. The largest absolute Gasteiger partial charge is 0.356 e. The van der Waals surface area contributed by atoms with Gasteiger partial charge in [-0.2, -0.15) is 0 Å². The molecule has 3 fully saturated rings. The van der Waals surface area contributed by atoms with Crippen molar-refractivity contribution in [3.05, 3.63) is 11.9 Å². The van der Waals surface area contributed by atoms with Crippen molar-refractivity contribution in [2.45, 2.75) is 64.7 Å². The number of carbonyl (C=O) groups is 1. The molecule has 6 heteroatoms. The topological polar surface area (TPSA) is 52.6 Å². The van der Waals surface area contributed by atoms with E-state index in [0.717, 1.165) is 75.5 Å². The standard InChI is InChI=1S/C22H35N5O/c1-18-23-20(25-11-5-6-12-25)17-21(24-18)26-13-15-27(16-14-26)22(28)10-9-19-7-3-2-4-8-19/h17,19H,2-16H2,1H3. The molecular formula is C22H35N5O. The summed E-state index contributed by atoms with van der Waals surface area (Å²) in [5.74, 6) is 4.05. The van der Waals surface area contributed by atoms with Gasteiger partial charge in [0.1, 0.15) is 17.5 Å². The fourth-order valence-electron chi connectivity index (χ4n) is 4.95. The van der Waals surface area contributed by atoms with Crippen LogP contribution in [0.1, 0.15) is 63.6 Å². The predicted octanol–water partition coefficient (Wildman–Crippen LogP) is 3.39. The number of hydrogen-bond acceptors (Lipinski definition) is 5. The Bertz CT molecular complexity index is 659. The van der Waals surface area contributed by atoms with Gasteiger partial charge in [-0.25, -0.2) is 9.97 Å². The Balaban J connectivity index is 1.29. The van der Waals surface area contributed by atoms with Crippen LogP contribution in [0.5, 0.6) is 0 Å². The van der Waals surface area contributed by atoms with Crippen molar-refractivity contribution in [2.75, 3.05) is 49.1 Å². The number of anilines is 2. The first-order chi connectivity index (χ1) is 13.7. The molecule has 3 aliphatic rings. The van der Waals surface area contributed by atoms with Crippen molar-refractivity contribution >= 4 is 17.5 Å². The molecule has 1 saturated carbocycles. The van der Waals surface area contributed by atoms with Crippen molar-refractivity contribution < 1.29 is 4.79 Å². The molecular weight excluding hydrogens is 350 g/mol. The molecule has 4 rings (SSSR count). The van der Waals surface area contributed by atoms with Gasteiger partial charge in [-0.05, 0) is 32.1 Å². The molecule has 0 atom stereocenters. The van der Waals surface area contributed by atoms with Crippen molar-refractivity contribution in [2.24, 2.45) is 5.92 Å². The number of hydrogen-bond donors (Lipinski definition) is 0. The first-order valence-electron chi connectivity index (χ1n) is 11.3. The van der Waals surface area contributed by atoms with Gasteiger partial charge in [0, 0.05) is 51.8 Å². The van der Waals surface area contributed by atoms with Gasteiger partial charge in [0.15, 0.2) is 0 Å². The summed E-state index contributed by atoms with van der Waals surface area (Å²) in [4.78, 5) is 28.7. The van der Waals surface area contributed by atoms with Gasteiger partial charge in [-0.1, -0.05) is 32.1 Å². The fraction of sp³-hybridized carbons (Fsp3) is 0.773. The highest BCUT2D eigenvalue weighted by Crippen LogP contribution is 2.28. The molecule has 2 aliphatic heterocycles. The average molecular weight is 386 g/mol. The van der Waals surface area contributed by atoms with Gasteiger partial charge in [-0.15, -0.1) is 0 Å². The van der Waals surface area contributed by atoms with E-state index < -0.39 is 0 Å². The monoisotopic (exact) mass is 385 g/mol. The lowest BCUT2D eigenvalue weighted by Crippen LogP contribution is -2.49. The summed E-state index contributed by atoms with van der Waals surface area (Å²) >= 11 is 0. The summed E-state index contributed by atoms with van der Waals surface area (Å²) in [5.41, 5.74) is 0. The Morgan fingerprint density at radius 3 is 2.14 bits per heavy atom. The van der Waals surface area contributed by atoms with Crippen LogP contribution in [0.4, 0.5) is 11.6 Å². The van der Waals surface area contributed by atoms with Crippen LogP contribution in [0.25, 0.3) is 0 Å². The van der Waals surface area contributed by atoms with Crippen LogP contribution in [-0.2, 0) is 4.79 Å². The first-order valence-corrected chi connectivity index (χ1v) is 11.3. The lowest BCUT2D eigenvalue weighted by molar-refractivity contribution is -0.131. The van der Waals surface area contributed by atoms with Gasteiger partial charge in [-0.3, -0.25) is 4.79 Å². The van der Waals surface area contributed by atoms with Crippen molar-refractivity contribution in [3.8, 4) is 0 Å². The fourth-order valence-corrected chi connectivity index (χ4v) is 4.95. The van der Waals surface area contributed by atoms with E-state index in [1.807, 2.05) is 6.92 Å². The number of aryl methyl sites for hydroxylation is 1. The number of carbonyl (C=O) groups excluding carboxylic acids is 1. The lowest BCUT2D eigenvalue weighted by Gasteiger charge is -2.36. The Labute approximate surface area is 169 Å². The molecule has 6 nitrogen and oxygen atoms in total. The van der Waals surface area contributed by atoms with E-state index in [-0.39, 0.29) is 0 Å². The van der Waals surface area contributed by atoms with Gasteiger partial charge in [0.2, 0.25) is 5.91 Å². The second-order valence-corrected chi connectivity index (χ2v) is 8.74. The highest BCUT2D eigenvalue weighted by molar-refractivity contribution is 5.76. The number of nitrogens with zero attached hydrogens (tertiary/aromatic N) is 5. The second-order valence-electron chi connectivity index (χ2n) is 8.74. The molecule has 2 saturated heterocycles. The molecule has 154 valence electrons. The molecule has 3 heterocycles. The SMILES string of the molecule is Cc1nc(N2CCCC2)cc(N2CCN(C(=O)CCC3CCCCC3)CC2)n1. The van der Waals surface area contributed by atoms with E-state index in [2.05, 4.69) is 30.7 Å². The van der Waals surface area contributed by atoms with E-state index >= 15 is 0 Å². The van der Waals surface area contributed by atoms with Gasteiger partial charge >= 0.3 is 0 Å². The van der Waals surface area contributed by atoms with E-state index in [1.165, 1.54) is 44.9 Å². The van der Waals surface area contributed by atoms with Crippen LogP contribution in [0.15, 0.2) is 6.07 Å². The molecule has 28 heavy (non-hydrogen) atoms. The minimum atomic E-state index is 0.349. The predicted molar refractivity (Wildman–Crippen MR) is 113 cm³/mol. The van der Waals surface area contributed by atoms with Gasteiger partial charge < -0.3 is 14.7 Å². The molecule has 0 N–H and O–H groups in total. The summed E-state index contributed by atoms with van der Waals surface area (Å²) in [7, 11) is 0. The Kier molecular flexibility index (Phi) is 6.33. The van der Waals surface area contributed by atoms with Crippen molar-refractivity contribution in [1.29, 1.82) is 0 Å². The highest BCUT2D eigenvalue weighted by atomic mass is 16.2. The Morgan fingerprint density at radius 2 is 1.50 bits per heavy atom.